The van der Waals surface area contributed by atoms with Crippen molar-refractivity contribution in [3.63, 3.8) is 0 Å². The van der Waals surface area contributed by atoms with E-state index in [1.54, 1.807) is 0 Å². The maximum absolute atomic E-state index is 10.6. The molecule has 0 aromatic heterocycles. The number of amidine groups is 2. The SMILES string of the molecule is CC1(C)CN=C(N2CC[NH+](C[C@@H](O)COc3ccc(OC[C@H](O)C[NH+]4CCN(C5=NCC(C)(C)S5)CC4)cc3)CC2)S1. The smallest absolute Gasteiger partial charge is 0.160 e. The van der Waals surface area contributed by atoms with Crippen molar-refractivity contribution in [2.45, 2.75) is 49.4 Å². The Balaban J connectivity index is 0.938. The maximum atomic E-state index is 10.6. The molecule has 5 rings (SSSR count). The van der Waals surface area contributed by atoms with Crippen LogP contribution in [0.1, 0.15) is 27.7 Å². The Hall–Kier alpha value is -1.70. The average Bonchev–Trinajstić information content (AvgIpc) is 3.52. The lowest BCUT2D eigenvalue weighted by Gasteiger charge is -2.34. The van der Waals surface area contributed by atoms with Crippen LogP contribution in [0.3, 0.4) is 0 Å². The van der Waals surface area contributed by atoms with Gasteiger partial charge in [0.15, 0.2) is 10.3 Å². The van der Waals surface area contributed by atoms with E-state index in [0.29, 0.717) is 24.6 Å². The summed E-state index contributed by atoms with van der Waals surface area (Å²) in [6, 6.07) is 7.43. The van der Waals surface area contributed by atoms with E-state index in [9.17, 15) is 10.2 Å². The molecule has 42 heavy (non-hydrogen) atoms. The highest BCUT2D eigenvalue weighted by atomic mass is 32.2. The number of benzene rings is 1. The van der Waals surface area contributed by atoms with Crippen LogP contribution in [0.15, 0.2) is 34.3 Å². The summed E-state index contributed by atoms with van der Waals surface area (Å²) in [5.41, 5.74) is 0. The van der Waals surface area contributed by atoms with Gasteiger partial charge in [0.25, 0.3) is 0 Å². The zero-order valence-corrected chi connectivity index (χ0v) is 27.3. The van der Waals surface area contributed by atoms with Gasteiger partial charge in [0.05, 0.1) is 65.4 Å². The molecule has 12 heteroatoms. The molecule has 2 saturated heterocycles. The first-order chi connectivity index (χ1) is 20.0. The van der Waals surface area contributed by atoms with Crippen LogP contribution in [0.5, 0.6) is 11.5 Å². The van der Waals surface area contributed by atoms with Gasteiger partial charge < -0.3 is 39.3 Å². The van der Waals surface area contributed by atoms with Crippen LogP contribution >= 0.6 is 23.5 Å². The minimum atomic E-state index is -0.518. The molecule has 4 aliphatic heterocycles. The topological polar surface area (TPSA) is 99.0 Å². The Kier molecular flexibility index (Phi) is 10.5. The minimum absolute atomic E-state index is 0.207. The Morgan fingerprint density at radius 3 is 1.38 bits per heavy atom. The third kappa shape index (κ3) is 9.15. The van der Waals surface area contributed by atoms with E-state index >= 15 is 0 Å². The van der Waals surface area contributed by atoms with Gasteiger partial charge in [-0.1, -0.05) is 23.5 Å². The second-order valence-corrected chi connectivity index (χ2v) is 16.6. The van der Waals surface area contributed by atoms with Crippen molar-refractivity contribution in [1.82, 2.24) is 9.80 Å². The molecule has 0 spiro atoms. The van der Waals surface area contributed by atoms with Crippen LogP contribution in [0.2, 0.25) is 0 Å². The zero-order valence-electron chi connectivity index (χ0n) is 25.7. The molecule has 1 aromatic carbocycles. The summed E-state index contributed by atoms with van der Waals surface area (Å²) in [5, 5.41) is 23.5. The summed E-state index contributed by atoms with van der Waals surface area (Å²) >= 11 is 3.76. The standard InChI is InChI=1S/C30H48N6O4S2/c1-29(2)21-31-27(41-29)35-13-9-33(10-14-35)17-23(37)19-39-25-5-7-26(8-6-25)40-20-24(38)18-34-11-15-36(16-12-34)28-32-22-30(3,4)42-28/h5-8,23-24,37-38H,9-22H2,1-4H3/p+2/t23-,24-/m1/s1. The van der Waals surface area contributed by atoms with Crippen molar-refractivity contribution < 1.29 is 29.5 Å². The van der Waals surface area contributed by atoms with Gasteiger partial charge in [0, 0.05) is 9.49 Å². The van der Waals surface area contributed by atoms with Gasteiger partial charge >= 0.3 is 0 Å². The van der Waals surface area contributed by atoms with E-state index in [1.165, 1.54) is 20.1 Å². The number of quaternary nitrogens is 2. The average molecular weight is 623 g/mol. The number of nitrogens with zero attached hydrogens (tertiary/aromatic N) is 4. The molecule has 10 nitrogen and oxygen atoms in total. The molecule has 2 fully saturated rings. The number of thioether (sulfide) groups is 2. The van der Waals surface area contributed by atoms with E-state index in [4.69, 9.17) is 19.5 Å². The number of aliphatic imine (C=N–C) groups is 2. The van der Waals surface area contributed by atoms with E-state index in [-0.39, 0.29) is 22.7 Å². The number of aliphatic hydroxyl groups is 2. The minimum Gasteiger partial charge on any atom is -0.491 e. The fraction of sp³-hybridized carbons (Fsp3) is 0.733. The monoisotopic (exact) mass is 622 g/mol. The predicted octanol–water partition coefficient (Wildman–Crippen LogP) is -0.670. The number of hydrogen-bond acceptors (Lipinski definition) is 10. The number of piperazine rings is 2. The van der Waals surface area contributed by atoms with Gasteiger partial charge in [0.1, 0.15) is 50.0 Å². The molecule has 2 atom stereocenters. The molecule has 4 heterocycles. The number of rotatable bonds is 10. The second-order valence-electron chi connectivity index (χ2n) is 13.2. The van der Waals surface area contributed by atoms with Crippen molar-refractivity contribution >= 4 is 33.9 Å². The van der Waals surface area contributed by atoms with E-state index < -0.39 is 12.2 Å². The normalized spacial score (nSPS) is 24.3. The van der Waals surface area contributed by atoms with Gasteiger partial charge in [-0.25, -0.2) is 0 Å². The first-order valence-electron chi connectivity index (χ1n) is 15.4. The van der Waals surface area contributed by atoms with E-state index in [0.717, 1.165) is 65.4 Å². The van der Waals surface area contributed by atoms with Crippen molar-refractivity contribution in [3.8, 4) is 11.5 Å². The molecule has 234 valence electrons. The highest BCUT2D eigenvalue weighted by molar-refractivity contribution is 8.15. The molecule has 0 radical (unpaired) electrons. The van der Waals surface area contributed by atoms with Crippen molar-refractivity contribution in [2.24, 2.45) is 9.98 Å². The molecule has 0 aliphatic carbocycles. The lowest BCUT2D eigenvalue weighted by atomic mass is 10.2. The van der Waals surface area contributed by atoms with Gasteiger partial charge in [-0.3, -0.25) is 9.98 Å². The number of nitrogens with one attached hydrogen (secondary N) is 2. The molecular weight excluding hydrogens is 573 g/mol. The quantitative estimate of drug-likeness (QED) is 0.273. The van der Waals surface area contributed by atoms with E-state index in [1.807, 2.05) is 47.8 Å². The molecule has 4 aliphatic rings. The second kappa shape index (κ2) is 13.9. The third-order valence-corrected chi connectivity index (χ3v) is 10.7. The van der Waals surface area contributed by atoms with Crippen LogP contribution in [-0.2, 0) is 0 Å². The zero-order chi connectivity index (χ0) is 29.7. The van der Waals surface area contributed by atoms with E-state index in [2.05, 4.69) is 37.5 Å². The summed E-state index contributed by atoms with van der Waals surface area (Å²) in [5.74, 6) is 1.41. The lowest BCUT2D eigenvalue weighted by molar-refractivity contribution is -0.907. The largest absolute Gasteiger partial charge is 0.491 e. The molecule has 0 unspecified atom stereocenters. The summed E-state index contributed by atoms with van der Waals surface area (Å²) in [6.07, 6.45) is -1.04. The molecule has 4 N–H and O–H groups in total. The third-order valence-electron chi connectivity index (χ3n) is 8.16. The summed E-state index contributed by atoms with van der Waals surface area (Å²) < 4.78 is 12.1. The molecule has 1 aromatic rings. The van der Waals surface area contributed by atoms with Gasteiger partial charge in [0.2, 0.25) is 0 Å². The number of ether oxygens (including phenoxy) is 2. The Bertz CT molecular complexity index is 1000. The van der Waals surface area contributed by atoms with Crippen LogP contribution in [-0.4, -0.2) is 144 Å². The highest BCUT2D eigenvalue weighted by Gasteiger charge is 2.34. The molecular formula is C30H50N6O4S2+2. The molecule has 0 saturated carbocycles. The van der Waals surface area contributed by atoms with Crippen LogP contribution in [0.25, 0.3) is 0 Å². The fourth-order valence-corrected chi connectivity index (χ4v) is 7.83. The number of aliphatic hydroxyl groups excluding tert-OH is 2. The van der Waals surface area contributed by atoms with Crippen molar-refractivity contribution in [2.75, 3.05) is 91.8 Å². The first-order valence-corrected chi connectivity index (χ1v) is 17.0. The lowest BCUT2D eigenvalue weighted by Crippen LogP contribution is -3.15. The van der Waals surface area contributed by atoms with Crippen LogP contribution in [0, 0.1) is 0 Å². The summed E-state index contributed by atoms with van der Waals surface area (Å²) in [7, 11) is 0. The Morgan fingerprint density at radius 2 is 1.07 bits per heavy atom. The fourth-order valence-electron chi connectivity index (χ4n) is 5.71. The molecule has 0 bridgehead atoms. The van der Waals surface area contributed by atoms with Crippen LogP contribution < -0.4 is 19.3 Å². The van der Waals surface area contributed by atoms with Crippen LogP contribution in [0.4, 0.5) is 0 Å². The number of hydrogen-bond donors (Lipinski definition) is 4. The van der Waals surface area contributed by atoms with Crippen molar-refractivity contribution in [1.29, 1.82) is 0 Å². The van der Waals surface area contributed by atoms with Gasteiger partial charge in [-0.15, -0.1) is 0 Å². The highest BCUT2D eigenvalue weighted by Crippen LogP contribution is 2.34. The summed E-state index contributed by atoms with van der Waals surface area (Å²) in [6.45, 7) is 20.6. The maximum Gasteiger partial charge on any atom is 0.160 e. The first kappa shape index (κ1) is 31.7. The molecule has 0 amide bonds. The predicted molar refractivity (Wildman–Crippen MR) is 172 cm³/mol. The van der Waals surface area contributed by atoms with Gasteiger partial charge in [-0.05, 0) is 52.0 Å². The summed E-state index contributed by atoms with van der Waals surface area (Å²) in [4.78, 5) is 17.0. The Labute approximate surface area is 259 Å². The Morgan fingerprint density at radius 1 is 0.714 bits per heavy atom. The van der Waals surface area contributed by atoms with Gasteiger partial charge in [-0.2, -0.15) is 0 Å². The van der Waals surface area contributed by atoms with Crippen molar-refractivity contribution in [3.05, 3.63) is 24.3 Å².